The Morgan fingerprint density at radius 3 is 2.18 bits per heavy atom. The maximum absolute atomic E-state index is 11.5. The van der Waals surface area contributed by atoms with Crippen LogP contribution in [0.1, 0.15) is 28.6 Å². The standard InChI is InChI=1S/C13H22N2O7.H2/c1-6-8(10(17)14-4)21-9(16)7-20-12(19)22-13(2,3)11(18)15-5;/h8H,6-7H2,1-5H3,(H,14,17)(H,15,18);1H. The van der Waals surface area contributed by atoms with Crippen molar-refractivity contribution in [1.82, 2.24) is 10.6 Å². The fraction of sp³-hybridized carbons (Fsp3) is 0.692. The van der Waals surface area contributed by atoms with Gasteiger partial charge < -0.3 is 24.8 Å². The average Bonchev–Trinajstić information content (AvgIpc) is 2.48. The van der Waals surface area contributed by atoms with Crippen LogP contribution in [0.25, 0.3) is 0 Å². The van der Waals surface area contributed by atoms with Gasteiger partial charge in [-0.2, -0.15) is 0 Å². The van der Waals surface area contributed by atoms with Crippen molar-refractivity contribution in [3.05, 3.63) is 0 Å². The SMILES string of the molecule is CCC(OC(=O)COC(=O)OC(C)(C)C(=O)NC)C(=O)NC.[HH]. The van der Waals surface area contributed by atoms with E-state index >= 15 is 0 Å². The summed E-state index contributed by atoms with van der Waals surface area (Å²) in [5, 5.41) is 4.66. The predicted molar refractivity (Wildman–Crippen MR) is 76.9 cm³/mol. The van der Waals surface area contributed by atoms with Gasteiger partial charge in [0.25, 0.3) is 11.8 Å². The topological polar surface area (TPSA) is 120 Å². The van der Waals surface area contributed by atoms with Crippen molar-refractivity contribution >= 4 is 23.9 Å². The minimum Gasteiger partial charge on any atom is -0.450 e. The van der Waals surface area contributed by atoms with E-state index in [0.29, 0.717) is 0 Å². The zero-order chi connectivity index (χ0) is 17.3. The van der Waals surface area contributed by atoms with E-state index in [1.165, 1.54) is 27.9 Å². The molecule has 0 rings (SSSR count). The highest BCUT2D eigenvalue weighted by molar-refractivity contribution is 5.86. The third-order valence-corrected chi connectivity index (χ3v) is 2.60. The third-order valence-electron chi connectivity index (χ3n) is 2.60. The van der Waals surface area contributed by atoms with Crippen LogP contribution in [0.5, 0.6) is 0 Å². The Bertz CT molecular complexity index is 440. The molecule has 0 saturated heterocycles. The van der Waals surface area contributed by atoms with Crippen LogP contribution in [-0.2, 0) is 28.6 Å². The van der Waals surface area contributed by atoms with E-state index in [4.69, 9.17) is 9.47 Å². The number of nitrogens with one attached hydrogen (secondary N) is 2. The molecule has 9 nitrogen and oxygen atoms in total. The zero-order valence-electron chi connectivity index (χ0n) is 13.3. The summed E-state index contributed by atoms with van der Waals surface area (Å²) in [4.78, 5) is 45.7. The van der Waals surface area contributed by atoms with E-state index in [9.17, 15) is 19.2 Å². The molecule has 2 N–H and O–H groups in total. The number of likely N-dealkylation sites (N-methyl/N-ethyl adjacent to an activating group) is 2. The molecule has 0 bridgehead atoms. The molecule has 0 heterocycles. The van der Waals surface area contributed by atoms with Gasteiger partial charge in [0.1, 0.15) is 0 Å². The molecule has 1 atom stereocenters. The fourth-order valence-electron chi connectivity index (χ4n) is 1.38. The summed E-state index contributed by atoms with van der Waals surface area (Å²) < 4.78 is 14.2. The van der Waals surface area contributed by atoms with Crippen LogP contribution in [0.3, 0.4) is 0 Å². The maximum atomic E-state index is 11.5. The minimum atomic E-state index is -1.44. The Morgan fingerprint density at radius 2 is 1.73 bits per heavy atom. The first-order valence-electron chi connectivity index (χ1n) is 6.66. The van der Waals surface area contributed by atoms with Gasteiger partial charge in [-0.05, 0) is 20.3 Å². The van der Waals surface area contributed by atoms with Gasteiger partial charge >= 0.3 is 12.1 Å². The summed E-state index contributed by atoms with van der Waals surface area (Å²) >= 11 is 0. The Balaban J connectivity index is 0. The Kier molecular flexibility index (Phi) is 7.92. The number of rotatable bonds is 7. The molecule has 0 aromatic rings. The average molecular weight is 320 g/mol. The molecular formula is C13H24N2O7. The van der Waals surface area contributed by atoms with Crippen LogP contribution in [0.4, 0.5) is 4.79 Å². The highest BCUT2D eigenvalue weighted by Crippen LogP contribution is 2.10. The monoisotopic (exact) mass is 320 g/mol. The Morgan fingerprint density at radius 1 is 1.14 bits per heavy atom. The van der Waals surface area contributed by atoms with Gasteiger partial charge in [0.05, 0.1) is 0 Å². The lowest BCUT2D eigenvalue weighted by Crippen LogP contribution is -2.44. The first-order chi connectivity index (χ1) is 10.2. The first-order valence-corrected chi connectivity index (χ1v) is 6.66. The van der Waals surface area contributed by atoms with E-state index in [0.717, 1.165) is 0 Å². The smallest absolute Gasteiger partial charge is 0.450 e. The van der Waals surface area contributed by atoms with Gasteiger partial charge in [0.2, 0.25) is 0 Å². The largest absolute Gasteiger partial charge is 0.509 e. The number of esters is 1. The highest BCUT2D eigenvalue weighted by atomic mass is 16.7. The molecule has 9 heteroatoms. The number of hydrogen-bond acceptors (Lipinski definition) is 7. The summed E-state index contributed by atoms with van der Waals surface area (Å²) in [6.45, 7) is 3.67. The van der Waals surface area contributed by atoms with Gasteiger partial charge in [0, 0.05) is 15.5 Å². The molecule has 22 heavy (non-hydrogen) atoms. The third kappa shape index (κ3) is 6.42. The van der Waals surface area contributed by atoms with Crippen LogP contribution in [0.15, 0.2) is 0 Å². The van der Waals surface area contributed by atoms with Gasteiger partial charge in [-0.25, -0.2) is 9.59 Å². The van der Waals surface area contributed by atoms with E-state index in [1.807, 2.05) is 0 Å². The van der Waals surface area contributed by atoms with E-state index < -0.39 is 42.3 Å². The molecule has 0 aliphatic heterocycles. The summed E-state index contributed by atoms with van der Waals surface area (Å²) in [6.07, 6.45) is -1.88. The molecule has 128 valence electrons. The van der Waals surface area contributed by atoms with E-state index in [-0.39, 0.29) is 7.85 Å². The minimum absolute atomic E-state index is 0. The summed E-state index contributed by atoms with van der Waals surface area (Å²) in [7, 11) is 2.80. The van der Waals surface area contributed by atoms with Crippen LogP contribution < -0.4 is 10.6 Å². The molecule has 0 fully saturated rings. The van der Waals surface area contributed by atoms with Crippen molar-refractivity contribution < 1.29 is 34.8 Å². The van der Waals surface area contributed by atoms with Crippen LogP contribution in [-0.4, -0.2) is 56.3 Å². The molecule has 0 aromatic carbocycles. The molecule has 2 amide bonds. The van der Waals surface area contributed by atoms with E-state index in [2.05, 4.69) is 15.4 Å². The van der Waals surface area contributed by atoms with Crippen molar-refractivity contribution in [1.29, 1.82) is 0 Å². The molecular weight excluding hydrogens is 296 g/mol. The van der Waals surface area contributed by atoms with Crippen molar-refractivity contribution in [2.75, 3.05) is 20.7 Å². The molecule has 0 aromatic heterocycles. The molecule has 0 spiro atoms. The molecule has 0 saturated carbocycles. The second-order valence-electron chi connectivity index (χ2n) is 4.73. The molecule has 1 unspecified atom stereocenters. The highest BCUT2D eigenvalue weighted by Gasteiger charge is 2.32. The number of carbonyl (C=O) groups is 4. The van der Waals surface area contributed by atoms with Crippen LogP contribution in [0, 0.1) is 0 Å². The Labute approximate surface area is 130 Å². The number of amides is 2. The van der Waals surface area contributed by atoms with Gasteiger partial charge in [0.15, 0.2) is 18.3 Å². The van der Waals surface area contributed by atoms with Crippen LogP contribution in [0.2, 0.25) is 0 Å². The fourth-order valence-corrected chi connectivity index (χ4v) is 1.38. The summed E-state index contributed by atoms with van der Waals surface area (Å²) in [5.74, 6) is -1.89. The van der Waals surface area contributed by atoms with Gasteiger partial charge in [-0.3, -0.25) is 9.59 Å². The maximum Gasteiger partial charge on any atom is 0.509 e. The summed E-state index contributed by atoms with van der Waals surface area (Å²) in [6, 6.07) is 0. The number of ether oxygens (including phenoxy) is 3. The normalized spacial score (nSPS) is 11.9. The second kappa shape index (κ2) is 8.85. The van der Waals surface area contributed by atoms with E-state index in [1.54, 1.807) is 6.92 Å². The van der Waals surface area contributed by atoms with Crippen molar-refractivity contribution in [2.45, 2.75) is 38.9 Å². The summed E-state index contributed by atoms with van der Waals surface area (Å²) in [5.41, 5.74) is -1.44. The quantitative estimate of drug-likeness (QED) is 0.632. The molecule has 0 radical (unpaired) electrons. The zero-order valence-corrected chi connectivity index (χ0v) is 13.3. The van der Waals surface area contributed by atoms with Gasteiger partial charge in [-0.15, -0.1) is 0 Å². The Hall–Kier alpha value is -2.32. The van der Waals surface area contributed by atoms with Crippen molar-refractivity contribution in [3.8, 4) is 0 Å². The lowest BCUT2D eigenvalue weighted by Gasteiger charge is -2.22. The number of hydrogen-bond donors (Lipinski definition) is 2. The molecule has 0 aliphatic carbocycles. The lowest BCUT2D eigenvalue weighted by atomic mass is 10.1. The van der Waals surface area contributed by atoms with Crippen molar-refractivity contribution in [3.63, 3.8) is 0 Å². The lowest BCUT2D eigenvalue weighted by molar-refractivity contribution is -0.160. The van der Waals surface area contributed by atoms with Gasteiger partial charge in [-0.1, -0.05) is 6.92 Å². The first kappa shape index (κ1) is 19.7. The second-order valence-corrected chi connectivity index (χ2v) is 4.73. The predicted octanol–water partition coefficient (Wildman–Crippen LogP) is -0.0220. The molecule has 0 aliphatic rings. The number of carbonyl (C=O) groups excluding carboxylic acids is 4. The van der Waals surface area contributed by atoms with Crippen molar-refractivity contribution in [2.24, 2.45) is 0 Å². The van der Waals surface area contributed by atoms with Crippen LogP contribution >= 0.6 is 0 Å².